The number of carbonyl (C=O) groups excluding carboxylic acids is 1. The summed E-state index contributed by atoms with van der Waals surface area (Å²) in [6.45, 7) is 13.2. The molecule has 1 aliphatic rings. The molecule has 2 atom stereocenters. The maximum absolute atomic E-state index is 12.2. The molecule has 0 aromatic rings. The first kappa shape index (κ1) is 24.8. The van der Waals surface area contributed by atoms with E-state index in [0.29, 0.717) is 5.96 Å². The van der Waals surface area contributed by atoms with Crippen molar-refractivity contribution in [2.45, 2.75) is 32.7 Å². The third kappa shape index (κ3) is 9.71. The standard InChI is InChI=1S/C21H36N6OS/c1-6-9-10-18(24-19(28)17(4)7-2)11-16-29-21(23-8-3)25-20(22)27-14-12-26(5)13-15-27/h6,8-11,16-17,21,23H,3,7,12-15H2,1-2,4-5H3,(H2,22,25)(H,24,28)/b9-6-,16-11+,18-10+. The number of nitrogens with two attached hydrogens (primary N) is 1. The van der Waals surface area contributed by atoms with Crippen LogP contribution in [0.15, 0.2) is 53.2 Å². The van der Waals surface area contributed by atoms with Crippen molar-refractivity contribution in [3.05, 3.63) is 48.2 Å². The number of thioether (sulfide) groups is 1. The largest absolute Gasteiger partial charge is 0.370 e. The first-order chi connectivity index (χ1) is 13.9. The van der Waals surface area contributed by atoms with Crippen molar-refractivity contribution in [1.29, 1.82) is 0 Å². The molecule has 4 N–H and O–H groups in total. The second kappa shape index (κ2) is 13.9. The van der Waals surface area contributed by atoms with Crippen molar-refractivity contribution >= 4 is 23.6 Å². The molecule has 0 aromatic heterocycles. The molecular weight excluding hydrogens is 384 g/mol. The van der Waals surface area contributed by atoms with Crippen LogP contribution in [0.4, 0.5) is 0 Å². The topological polar surface area (TPSA) is 86.0 Å². The number of guanidine groups is 1. The van der Waals surface area contributed by atoms with Crippen molar-refractivity contribution in [3.63, 3.8) is 0 Å². The molecule has 0 aromatic carbocycles. The zero-order valence-electron chi connectivity index (χ0n) is 18.1. The molecule has 0 aliphatic carbocycles. The molecule has 8 heteroatoms. The Morgan fingerprint density at radius 1 is 1.34 bits per heavy atom. The van der Waals surface area contributed by atoms with E-state index in [9.17, 15) is 4.79 Å². The van der Waals surface area contributed by atoms with Gasteiger partial charge in [0.05, 0.1) is 0 Å². The first-order valence-electron chi connectivity index (χ1n) is 10.0. The van der Waals surface area contributed by atoms with E-state index in [2.05, 4.69) is 39.1 Å². The Labute approximate surface area is 179 Å². The third-order valence-electron chi connectivity index (χ3n) is 4.59. The Morgan fingerprint density at radius 3 is 2.62 bits per heavy atom. The lowest BCUT2D eigenvalue weighted by Crippen LogP contribution is -2.50. The Balaban J connectivity index is 2.77. The fourth-order valence-electron chi connectivity index (χ4n) is 2.42. The summed E-state index contributed by atoms with van der Waals surface area (Å²) in [5.74, 6) is 0.498. The molecule has 162 valence electrons. The fraction of sp³-hybridized carbons (Fsp3) is 0.524. The minimum absolute atomic E-state index is 0.0102. The normalized spacial score (nSPS) is 18.8. The molecule has 0 radical (unpaired) electrons. The number of nitrogens with zero attached hydrogens (tertiary/aromatic N) is 3. The highest BCUT2D eigenvalue weighted by Gasteiger charge is 2.16. The summed E-state index contributed by atoms with van der Waals surface area (Å²) >= 11 is 1.46. The SMILES string of the molecule is C=CNC(N=C(N)N1CCN(C)CC1)S/C=C/C(=C\C=C/C)NC(=O)C(C)CC. The summed E-state index contributed by atoms with van der Waals surface area (Å²) in [5, 5.41) is 7.96. The van der Waals surface area contributed by atoms with E-state index in [-0.39, 0.29) is 17.3 Å². The van der Waals surface area contributed by atoms with Crippen LogP contribution in [0.25, 0.3) is 0 Å². The number of amides is 1. The minimum atomic E-state index is -0.295. The average Bonchev–Trinajstić information content (AvgIpc) is 2.71. The number of likely N-dealkylation sites (N-methyl/N-ethyl adjacent to an activating group) is 1. The highest BCUT2D eigenvalue weighted by Crippen LogP contribution is 2.14. The molecule has 0 spiro atoms. The Kier molecular flexibility index (Phi) is 11.9. The van der Waals surface area contributed by atoms with E-state index in [1.54, 1.807) is 6.20 Å². The fourth-order valence-corrected chi connectivity index (χ4v) is 3.14. The number of aliphatic imine (C=N–C) groups is 1. The molecule has 0 bridgehead atoms. The second-order valence-electron chi connectivity index (χ2n) is 6.89. The summed E-state index contributed by atoms with van der Waals surface area (Å²) < 4.78 is 0. The highest BCUT2D eigenvalue weighted by molar-refractivity contribution is 8.02. The van der Waals surface area contributed by atoms with E-state index in [1.807, 2.05) is 50.5 Å². The van der Waals surface area contributed by atoms with Gasteiger partial charge >= 0.3 is 0 Å². The van der Waals surface area contributed by atoms with Gasteiger partial charge in [-0.3, -0.25) is 4.79 Å². The first-order valence-corrected chi connectivity index (χ1v) is 10.9. The Hall–Kier alpha value is -2.19. The lowest BCUT2D eigenvalue weighted by Gasteiger charge is -2.33. The monoisotopic (exact) mass is 420 g/mol. The number of hydrogen-bond acceptors (Lipinski definition) is 5. The van der Waals surface area contributed by atoms with Gasteiger partial charge in [-0.25, -0.2) is 4.99 Å². The van der Waals surface area contributed by atoms with Crippen LogP contribution in [0.5, 0.6) is 0 Å². The number of allylic oxidation sites excluding steroid dienone is 4. The number of carbonyl (C=O) groups is 1. The minimum Gasteiger partial charge on any atom is -0.370 e. The van der Waals surface area contributed by atoms with Gasteiger partial charge in [0, 0.05) is 37.8 Å². The van der Waals surface area contributed by atoms with Crippen LogP contribution in [0, 0.1) is 5.92 Å². The molecular formula is C21H36N6OS. The lowest BCUT2D eigenvalue weighted by atomic mass is 10.1. The van der Waals surface area contributed by atoms with Crippen molar-refractivity contribution in [1.82, 2.24) is 20.4 Å². The molecule has 1 heterocycles. The molecule has 29 heavy (non-hydrogen) atoms. The molecule has 1 rings (SSSR count). The van der Waals surface area contributed by atoms with Crippen molar-refractivity contribution in [2.75, 3.05) is 33.2 Å². The predicted octanol–water partition coefficient (Wildman–Crippen LogP) is 2.43. The molecule has 2 unspecified atom stereocenters. The van der Waals surface area contributed by atoms with Gasteiger partial charge in [-0.2, -0.15) is 0 Å². The number of piperazine rings is 1. The smallest absolute Gasteiger partial charge is 0.227 e. The summed E-state index contributed by atoms with van der Waals surface area (Å²) in [7, 11) is 2.10. The van der Waals surface area contributed by atoms with Gasteiger partial charge in [-0.15, -0.1) is 0 Å². The average molecular weight is 421 g/mol. The van der Waals surface area contributed by atoms with Gasteiger partial charge in [-0.05, 0) is 44.2 Å². The number of hydrogen-bond donors (Lipinski definition) is 3. The van der Waals surface area contributed by atoms with Gasteiger partial charge in [0.1, 0.15) is 0 Å². The van der Waals surface area contributed by atoms with Crippen LogP contribution in [-0.2, 0) is 4.79 Å². The van der Waals surface area contributed by atoms with E-state index >= 15 is 0 Å². The maximum atomic E-state index is 12.2. The van der Waals surface area contributed by atoms with Gasteiger partial charge in [0.25, 0.3) is 0 Å². The summed E-state index contributed by atoms with van der Waals surface area (Å²) in [6.07, 6.45) is 9.95. The second-order valence-corrected chi connectivity index (χ2v) is 7.88. The summed E-state index contributed by atoms with van der Waals surface area (Å²) in [4.78, 5) is 21.1. The molecule has 1 saturated heterocycles. The van der Waals surface area contributed by atoms with Crippen molar-refractivity contribution < 1.29 is 4.79 Å². The molecule has 1 fully saturated rings. The third-order valence-corrected chi connectivity index (χ3v) is 5.38. The van der Waals surface area contributed by atoms with Crippen LogP contribution in [0.1, 0.15) is 27.2 Å². The van der Waals surface area contributed by atoms with E-state index < -0.39 is 0 Å². The Morgan fingerprint density at radius 2 is 2.03 bits per heavy atom. The van der Waals surface area contributed by atoms with Gasteiger partial charge in [0.2, 0.25) is 5.91 Å². The highest BCUT2D eigenvalue weighted by atomic mass is 32.2. The van der Waals surface area contributed by atoms with Crippen molar-refractivity contribution in [2.24, 2.45) is 16.6 Å². The van der Waals surface area contributed by atoms with Gasteiger partial charge in [-0.1, -0.05) is 44.3 Å². The predicted molar refractivity (Wildman–Crippen MR) is 125 cm³/mol. The van der Waals surface area contributed by atoms with Crippen LogP contribution in [0.2, 0.25) is 0 Å². The molecule has 1 amide bonds. The molecule has 0 saturated carbocycles. The van der Waals surface area contributed by atoms with Gasteiger partial charge < -0.3 is 26.2 Å². The van der Waals surface area contributed by atoms with Crippen LogP contribution in [0.3, 0.4) is 0 Å². The zero-order valence-corrected chi connectivity index (χ0v) is 18.9. The van der Waals surface area contributed by atoms with Crippen LogP contribution < -0.4 is 16.4 Å². The number of nitrogens with one attached hydrogen (secondary N) is 2. The lowest BCUT2D eigenvalue weighted by molar-refractivity contribution is -0.123. The summed E-state index contributed by atoms with van der Waals surface area (Å²) in [5.41, 5.74) is 6.64. The number of rotatable bonds is 10. The van der Waals surface area contributed by atoms with E-state index in [0.717, 1.165) is 38.3 Å². The van der Waals surface area contributed by atoms with Crippen molar-refractivity contribution in [3.8, 4) is 0 Å². The molecule has 1 aliphatic heterocycles. The molecule has 7 nitrogen and oxygen atoms in total. The zero-order chi connectivity index (χ0) is 21.6. The van der Waals surface area contributed by atoms with E-state index in [1.165, 1.54) is 11.8 Å². The van der Waals surface area contributed by atoms with Crippen LogP contribution in [-0.4, -0.2) is 60.4 Å². The van der Waals surface area contributed by atoms with Gasteiger partial charge in [0.15, 0.2) is 11.5 Å². The van der Waals surface area contributed by atoms with E-state index in [4.69, 9.17) is 5.73 Å². The maximum Gasteiger partial charge on any atom is 0.227 e. The quantitative estimate of drug-likeness (QED) is 0.218. The van der Waals surface area contributed by atoms with Crippen LogP contribution >= 0.6 is 11.8 Å². The Bertz CT molecular complexity index is 635. The summed E-state index contributed by atoms with van der Waals surface area (Å²) in [6, 6.07) is 0.